The Morgan fingerprint density at radius 1 is 1.32 bits per heavy atom. The third-order valence-electron chi connectivity index (χ3n) is 3.68. The summed E-state index contributed by atoms with van der Waals surface area (Å²) in [6.07, 6.45) is 3.40. The van der Waals surface area contributed by atoms with E-state index in [1.165, 1.54) is 23.1 Å². The highest BCUT2D eigenvalue weighted by molar-refractivity contribution is 7.99. The molecule has 1 N–H and O–H groups in total. The van der Waals surface area contributed by atoms with E-state index in [2.05, 4.69) is 27.1 Å². The minimum atomic E-state index is -0.152. The average molecular weight is 418 g/mol. The van der Waals surface area contributed by atoms with Gasteiger partial charge in [-0.05, 0) is 18.2 Å². The van der Waals surface area contributed by atoms with E-state index in [4.69, 9.17) is 9.47 Å². The van der Waals surface area contributed by atoms with Crippen LogP contribution in [0.4, 0.5) is 5.13 Å². The van der Waals surface area contributed by atoms with E-state index in [0.717, 1.165) is 5.56 Å². The van der Waals surface area contributed by atoms with Gasteiger partial charge in [-0.3, -0.25) is 9.36 Å². The van der Waals surface area contributed by atoms with Gasteiger partial charge in [-0.2, -0.15) is 0 Å². The van der Waals surface area contributed by atoms with E-state index in [-0.39, 0.29) is 11.7 Å². The van der Waals surface area contributed by atoms with Crippen molar-refractivity contribution in [2.45, 2.75) is 11.7 Å². The van der Waals surface area contributed by atoms with E-state index in [0.29, 0.717) is 34.2 Å². The number of aromatic nitrogens is 4. The summed E-state index contributed by atoms with van der Waals surface area (Å²) in [6, 6.07) is 5.54. The van der Waals surface area contributed by atoms with Crippen LogP contribution in [0.25, 0.3) is 11.4 Å². The molecule has 1 aromatic carbocycles. The first-order chi connectivity index (χ1) is 13.7. The number of carbonyl (C=O) groups is 1. The molecule has 0 bridgehead atoms. The number of hydrogen-bond acceptors (Lipinski definition) is 8. The molecular formula is C18H19N5O3S2. The molecule has 146 valence electrons. The Morgan fingerprint density at radius 2 is 2.14 bits per heavy atom. The number of thiazole rings is 1. The number of allylic oxidation sites excluding steroid dienone is 1. The van der Waals surface area contributed by atoms with Crippen LogP contribution in [0.3, 0.4) is 0 Å². The fourth-order valence-electron chi connectivity index (χ4n) is 2.45. The standard InChI is InChI=1S/C18H19N5O3S2/c1-4-8-23-16(12-5-6-13(25-2)14(10-12)26-3)21-22-18(23)28-11-15(24)20-17-19-7-9-27-17/h4-7,9-10H,1,8,11H2,2-3H3,(H,19,20,24). The number of rotatable bonds is 9. The van der Waals surface area contributed by atoms with Crippen molar-refractivity contribution in [2.75, 3.05) is 25.3 Å². The van der Waals surface area contributed by atoms with Gasteiger partial charge in [0.2, 0.25) is 5.91 Å². The van der Waals surface area contributed by atoms with Crippen LogP contribution in [0.1, 0.15) is 0 Å². The maximum absolute atomic E-state index is 12.1. The minimum absolute atomic E-state index is 0.152. The Morgan fingerprint density at radius 3 is 2.82 bits per heavy atom. The number of benzene rings is 1. The molecule has 0 aliphatic carbocycles. The first kappa shape index (κ1) is 19.9. The molecule has 3 aromatic rings. The zero-order valence-electron chi connectivity index (χ0n) is 15.4. The number of thioether (sulfide) groups is 1. The van der Waals surface area contributed by atoms with Gasteiger partial charge in [-0.1, -0.05) is 17.8 Å². The summed E-state index contributed by atoms with van der Waals surface area (Å²) in [4.78, 5) is 16.2. The van der Waals surface area contributed by atoms with Crippen LogP contribution in [0, 0.1) is 0 Å². The highest BCUT2D eigenvalue weighted by atomic mass is 32.2. The zero-order valence-corrected chi connectivity index (χ0v) is 17.0. The van der Waals surface area contributed by atoms with Crippen LogP contribution in [0.15, 0.2) is 47.6 Å². The lowest BCUT2D eigenvalue weighted by atomic mass is 10.2. The van der Waals surface area contributed by atoms with Crippen molar-refractivity contribution in [1.29, 1.82) is 0 Å². The van der Waals surface area contributed by atoms with Crippen LogP contribution >= 0.6 is 23.1 Å². The van der Waals surface area contributed by atoms with Crippen LogP contribution in [-0.4, -0.2) is 45.6 Å². The van der Waals surface area contributed by atoms with Crippen molar-refractivity contribution in [1.82, 2.24) is 19.7 Å². The van der Waals surface area contributed by atoms with E-state index in [1.807, 2.05) is 22.8 Å². The molecule has 0 aliphatic heterocycles. The Hall–Kier alpha value is -2.85. The Kier molecular flexibility index (Phi) is 6.66. The van der Waals surface area contributed by atoms with E-state index >= 15 is 0 Å². The normalized spacial score (nSPS) is 10.5. The molecular weight excluding hydrogens is 398 g/mol. The molecule has 10 heteroatoms. The van der Waals surface area contributed by atoms with Gasteiger partial charge in [0.05, 0.1) is 20.0 Å². The fourth-order valence-corrected chi connectivity index (χ4v) is 3.74. The van der Waals surface area contributed by atoms with Gasteiger partial charge in [-0.25, -0.2) is 4.98 Å². The second-order valence-corrected chi connectivity index (χ2v) is 7.29. The maximum Gasteiger partial charge on any atom is 0.236 e. The third kappa shape index (κ3) is 4.52. The van der Waals surface area contributed by atoms with Gasteiger partial charge in [0.15, 0.2) is 27.6 Å². The number of carbonyl (C=O) groups excluding carboxylic acids is 1. The van der Waals surface area contributed by atoms with Gasteiger partial charge < -0.3 is 14.8 Å². The Bertz CT molecular complexity index is 956. The topological polar surface area (TPSA) is 91.2 Å². The van der Waals surface area contributed by atoms with Crippen molar-refractivity contribution < 1.29 is 14.3 Å². The number of amides is 1. The molecule has 0 saturated heterocycles. The zero-order chi connectivity index (χ0) is 19.9. The van der Waals surface area contributed by atoms with Crippen molar-refractivity contribution in [2.24, 2.45) is 0 Å². The second-order valence-electron chi connectivity index (χ2n) is 5.45. The van der Waals surface area contributed by atoms with Crippen LogP contribution in [0.2, 0.25) is 0 Å². The molecule has 2 aromatic heterocycles. The lowest BCUT2D eigenvalue weighted by molar-refractivity contribution is -0.113. The summed E-state index contributed by atoms with van der Waals surface area (Å²) < 4.78 is 12.5. The first-order valence-corrected chi connectivity index (χ1v) is 10.1. The fraction of sp³-hybridized carbons (Fsp3) is 0.222. The number of ether oxygens (including phenoxy) is 2. The first-order valence-electron chi connectivity index (χ1n) is 8.25. The molecule has 2 heterocycles. The molecule has 1 amide bonds. The SMILES string of the molecule is C=CCn1c(SCC(=O)Nc2nccs2)nnc1-c1ccc(OC)c(OC)c1. The summed E-state index contributed by atoms with van der Waals surface area (Å²) in [6.45, 7) is 4.31. The molecule has 0 saturated carbocycles. The monoisotopic (exact) mass is 417 g/mol. The quantitative estimate of drug-likeness (QED) is 0.422. The van der Waals surface area contributed by atoms with Crippen molar-refractivity contribution >= 4 is 34.1 Å². The minimum Gasteiger partial charge on any atom is -0.493 e. The highest BCUT2D eigenvalue weighted by Gasteiger charge is 2.17. The van der Waals surface area contributed by atoms with E-state index in [1.54, 1.807) is 31.9 Å². The number of methoxy groups -OCH3 is 2. The molecule has 28 heavy (non-hydrogen) atoms. The van der Waals surface area contributed by atoms with Crippen molar-refractivity contribution in [3.63, 3.8) is 0 Å². The van der Waals surface area contributed by atoms with Gasteiger partial charge in [0, 0.05) is 23.7 Å². The lowest BCUT2D eigenvalue weighted by Gasteiger charge is -2.11. The van der Waals surface area contributed by atoms with Gasteiger partial charge in [-0.15, -0.1) is 28.1 Å². The number of anilines is 1. The molecule has 8 nitrogen and oxygen atoms in total. The summed E-state index contributed by atoms with van der Waals surface area (Å²) in [5, 5.41) is 14.3. The van der Waals surface area contributed by atoms with Gasteiger partial charge in [0.25, 0.3) is 0 Å². The third-order valence-corrected chi connectivity index (χ3v) is 5.34. The van der Waals surface area contributed by atoms with Crippen molar-refractivity contribution in [3.05, 3.63) is 42.4 Å². The maximum atomic E-state index is 12.1. The molecule has 0 fully saturated rings. The second kappa shape index (κ2) is 9.38. The largest absolute Gasteiger partial charge is 0.493 e. The van der Waals surface area contributed by atoms with Crippen LogP contribution in [0.5, 0.6) is 11.5 Å². The molecule has 0 spiro atoms. The van der Waals surface area contributed by atoms with Crippen molar-refractivity contribution in [3.8, 4) is 22.9 Å². The number of nitrogens with one attached hydrogen (secondary N) is 1. The van der Waals surface area contributed by atoms with Crippen LogP contribution in [-0.2, 0) is 11.3 Å². The number of nitrogens with zero attached hydrogens (tertiary/aromatic N) is 4. The summed E-state index contributed by atoms with van der Waals surface area (Å²) in [7, 11) is 3.17. The Balaban J connectivity index is 1.79. The van der Waals surface area contributed by atoms with E-state index < -0.39 is 0 Å². The highest BCUT2D eigenvalue weighted by Crippen LogP contribution is 2.33. The summed E-state index contributed by atoms with van der Waals surface area (Å²) in [5.41, 5.74) is 0.825. The number of hydrogen-bond donors (Lipinski definition) is 1. The van der Waals surface area contributed by atoms with Gasteiger partial charge in [0.1, 0.15) is 0 Å². The summed E-state index contributed by atoms with van der Waals surface area (Å²) in [5.74, 6) is 1.94. The molecule has 0 atom stereocenters. The summed E-state index contributed by atoms with van der Waals surface area (Å²) >= 11 is 2.67. The smallest absolute Gasteiger partial charge is 0.236 e. The molecule has 0 radical (unpaired) electrons. The van der Waals surface area contributed by atoms with Gasteiger partial charge >= 0.3 is 0 Å². The predicted molar refractivity (Wildman–Crippen MR) is 110 cm³/mol. The lowest BCUT2D eigenvalue weighted by Crippen LogP contribution is -2.14. The van der Waals surface area contributed by atoms with Crippen LogP contribution < -0.4 is 14.8 Å². The molecule has 0 aliphatic rings. The average Bonchev–Trinajstić information content (AvgIpc) is 3.36. The Labute approximate surface area is 170 Å². The predicted octanol–water partition coefficient (Wildman–Crippen LogP) is 3.34. The molecule has 3 rings (SSSR count). The van der Waals surface area contributed by atoms with E-state index in [9.17, 15) is 4.79 Å². The molecule has 0 unspecified atom stereocenters.